The summed E-state index contributed by atoms with van der Waals surface area (Å²) in [5, 5.41) is 0. The Morgan fingerprint density at radius 3 is 2.89 bits per heavy atom. The lowest BCUT2D eigenvalue weighted by Crippen LogP contribution is -2.32. The zero-order valence-electron chi connectivity index (χ0n) is 10.9. The number of nitrogens with one attached hydrogen (secondary N) is 1. The van der Waals surface area contributed by atoms with Crippen LogP contribution >= 0.6 is 28.1 Å². The zero-order valence-corrected chi connectivity index (χ0v) is 13.3. The van der Waals surface area contributed by atoms with Crippen LogP contribution in [-0.2, 0) is 16.8 Å². The molecule has 0 amide bonds. The molecule has 2 rings (SSSR count). The van der Waals surface area contributed by atoms with Gasteiger partial charge in [0.1, 0.15) is 16.1 Å². The van der Waals surface area contributed by atoms with Crippen molar-refractivity contribution in [3.8, 4) is 0 Å². The van der Waals surface area contributed by atoms with Gasteiger partial charge in [0, 0.05) is 12.3 Å². The topological polar surface area (TPSA) is 37.9 Å². The maximum absolute atomic E-state index is 5.92. The van der Waals surface area contributed by atoms with Crippen LogP contribution in [0.3, 0.4) is 0 Å². The van der Waals surface area contributed by atoms with Crippen LogP contribution in [0.25, 0.3) is 0 Å². The second-order valence-electron chi connectivity index (χ2n) is 4.97. The summed E-state index contributed by atoms with van der Waals surface area (Å²) >= 11 is 8.85. The van der Waals surface area contributed by atoms with Crippen molar-refractivity contribution in [3.05, 3.63) is 20.6 Å². The van der Waals surface area contributed by atoms with E-state index in [9.17, 15) is 0 Å². The highest BCUT2D eigenvalue weighted by atomic mass is 79.9. The number of ether oxygens (including phenoxy) is 1. The highest BCUT2D eigenvalue weighted by Crippen LogP contribution is 2.33. The van der Waals surface area contributed by atoms with Gasteiger partial charge in [-0.1, -0.05) is 25.6 Å². The molecule has 2 heterocycles. The van der Waals surface area contributed by atoms with Gasteiger partial charge in [-0.05, 0) is 48.5 Å². The summed E-state index contributed by atoms with van der Waals surface area (Å²) in [4.78, 5) is 7.91. The summed E-state index contributed by atoms with van der Waals surface area (Å²) in [7, 11) is 0. The molecule has 1 fully saturated rings. The van der Waals surface area contributed by atoms with E-state index in [0.29, 0.717) is 4.64 Å². The van der Waals surface area contributed by atoms with Gasteiger partial charge in [0.05, 0.1) is 4.47 Å². The Kier molecular flexibility index (Phi) is 4.56. The zero-order chi connectivity index (χ0) is 13.2. The SMILES string of the molecule is CCCc1[nH]c(C2(C)CCCCO2)nc(=S)c1Br. The molecule has 1 aromatic rings. The van der Waals surface area contributed by atoms with Gasteiger partial charge in [0.15, 0.2) is 0 Å². The van der Waals surface area contributed by atoms with E-state index in [0.717, 1.165) is 48.3 Å². The van der Waals surface area contributed by atoms with Crippen LogP contribution < -0.4 is 0 Å². The smallest absolute Gasteiger partial charge is 0.144 e. The molecule has 1 unspecified atom stereocenters. The van der Waals surface area contributed by atoms with E-state index < -0.39 is 0 Å². The highest BCUT2D eigenvalue weighted by Gasteiger charge is 2.32. The van der Waals surface area contributed by atoms with Crippen molar-refractivity contribution in [1.29, 1.82) is 0 Å². The van der Waals surface area contributed by atoms with Crippen molar-refractivity contribution in [2.75, 3.05) is 6.61 Å². The maximum Gasteiger partial charge on any atom is 0.144 e. The van der Waals surface area contributed by atoms with Gasteiger partial charge >= 0.3 is 0 Å². The van der Waals surface area contributed by atoms with E-state index in [1.165, 1.54) is 6.42 Å². The number of aryl methyl sites for hydroxylation is 1. The highest BCUT2D eigenvalue weighted by molar-refractivity contribution is 9.10. The normalized spacial score (nSPS) is 24.2. The summed E-state index contributed by atoms with van der Waals surface area (Å²) in [6.45, 7) is 5.06. The molecule has 18 heavy (non-hydrogen) atoms. The molecule has 1 N–H and O–H groups in total. The number of aromatic amines is 1. The Morgan fingerprint density at radius 2 is 2.28 bits per heavy atom. The maximum atomic E-state index is 5.92. The quantitative estimate of drug-likeness (QED) is 0.841. The third kappa shape index (κ3) is 2.83. The van der Waals surface area contributed by atoms with E-state index in [2.05, 4.69) is 39.7 Å². The summed E-state index contributed by atoms with van der Waals surface area (Å²) in [6.07, 6.45) is 5.35. The van der Waals surface area contributed by atoms with Crippen molar-refractivity contribution in [2.45, 2.75) is 51.6 Å². The summed E-state index contributed by atoms with van der Waals surface area (Å²) in [5.74, 6) is 0.874. The Labute approximate surface area is 121 Å². The predicted molar refractivity (Wildman–Crippen MR) is 78.3 cm³/mol. The molecule has 0 aliphatic carbocycles. The molecule has 1 saturated heterocycles. The van der Waals surface area contributed by atoms with Crippen molar-refractivity contribution in [3.63, 3.8) is 0 Å². The van der Waals surface area contributed by atoms with Crippen molar-refractivity contribution in [2.24, 2.45) is 0 Å². The molecular weight excluding hydrogens is 312 g/mol. The fourth-order valence-corrected chi connectivity index (χ4v) is 2.90. The molecule has 0 radical (unpaired) electrons. The lowest BCUT2D eigenvalue weighted by Gasteiger charge is -2.33. The molecular formula is C13H19BrN2OS. The van der Waals surface area contributed by atoms with Gasteiger partial charge in [-0.25, -0.2) is 4.98 Å². The fourth-order valence-electron chi connectivity index (χ4n) is 2.30. The number of hydrogen-bond acceptors (Lipinski definition) is 3. The third-order valence-corrected chi connectivity index (χ3v) is 4.82. The first-order chi connectivity index (χ1) is 8.57. The molecule has 0 aromatic carbocycles. The van der Waals surface area contributed by atoms with Gasteiger partial charge in [0.2, 0.25) is 0 Å². The minimum Gasteiger partial charge on any atom is -0.367 e. The lowest BCUT2D eigenvalue weighted by atomic mass is 9.95. The van der Waals surface area contributed by atoms with Crippen LogP contribution in [0.1, 0.15) is 51.0 Å². The second kappa shape index (κ2) is 5.80. The van der Waals surface area contributed by atoms with E-state index in [1.54, 1.807) is 0 Å². The van der Waals surface area contributed by atoms with Gasteiger partial charge in [-0.15, -0.1) is 0 Å². The third-order valence-electron chi connectivity index (χ3n) is 3.41. The first-order valence-electron chi connectivity index (χ1n) is 6.50. The van der Waals surface area contributed by atoms with Gasteiger partial charge < -0.3 is 9.72 Å². The second-order valence-corrected chi connectivity index (χ2v) is 6.15. The number of rotatable bonds is 3. The molecule has 1 atom stereocenters. The van der Waals surface area contributed by atoms with Crippen LogP contribution in [-0.4, -0.2) is 16.6 Å². The van der Waals surface area contributed by atoms with Crippen LogP contribution in [0.5, 0.6) is 0 Å². The van der Waals surface area contributed by atoms with Crippen molar-refractivity contribution >= 4 is 28.1 Å². The van der Waals surface area contributed by atoms with Gasteiger partial charge in [0.25, 0.3) is 0 Å². The first kappa shape index (κ1) is 14.2. The Hall–Kier alpha value is -0.260. The number of aromatic nitrogens is 2. The number of hydrogen-bond donors (Lipinski definition) is 1. The van der Waals surface area contributed by atoms with E-state index >= 15 is 0 Å². The van der Waals surface area contributed by atoms with Crippen LogP contribution in [0.15, 0.2) is 4.47 Å². The largest absolute Gasteiger partial charge is 0.367 e. The summed E-state index contributed by atoms with van der Waals surface area (Å²) in [6, 6.07) is 0. The molecule has 0 saturated carbocycles. The van der Waals surface area contributed by atoms with Crippen LogP contribution in [0.4, 0.5) is 0 Å². The Balaban J connectivity index is 2.41. The molecule has 1 aromatic heterocycles. The average Bonchev–Trinajstić information content (AvgIpc) is 2.36. The molecule has 5 heteroatoms. The predicted octanol–water partition coefficient (Wildman–Crippen LogP) is 4.27. The number of H-pyrrole nitrogens is 1. The standard InChI is InChI=1S/C13H19BrN2OS/c1-3-6-9-10(14)11(18)16-12(15-9)13(2)7-4-5-8-17-13/h3-8H2,1-2H3,(H,15,16,18). The first-order valence-corrected chi connectivity index (χ1v) is 7.70. The number of nitrogens with zero attached hydrogens (tertiary/aromatic N) is 1. The van der Waals surface area contributed by atoms with E-state index in [4.69, 9.17) is 17.0 Å². The summed E-state index contributed by atoms with van der Waals surface area (Å²) in [5.41, 5.74) is 0.817. The van der Waals surface area contributed by atoms with Gasteiger partial charge in [-0.3, -0.25) is 0 Å². The monoisotopic (exact) mass is 330 g/mol. The summed E-state index contributed by atoms with van der Waals surface area (Å²) < 4.78 is 7.47. The molecule has 0 spiro atoms. The average molecular weight is 331 g/mol. The molecule has 3 nitrogen and oxygen atoms in total. The minimum absolute atomic E-state index is 0.311. The van der Waals surface area contributed by atoms with Gasteiger partial charge in [-0.2, -0.15) is 0 Å². The van der Waals surface area contributed by atoms with Crippen LogP contribution in [0, 0.1) is 4.64 Å². The van der Waals surface area contributed by atoms with Crippen LogP contribution in [0.2, 0.25) is 0 Å². The minimum atomic E-state index is -0.311. The molecule has 0 bridgehead atoms. The fraction of sp³-hybridized carbons (Fsp3) is 0.692. The van der Waals surface area contributed by atoms with Crippen molar-refractivity contribution < 1.29 is 4.74 Å². The molecule has 1 aliphatic rings. The lowest BCUT2D eigenvalue weighted by molar-refractivity contribution is -0.0762. The van der Waals surface area contributed by atoms with E-state index in [-0.39, 0.29) is 5.60 Å². The Morgan fingerprint density at radius 1 is 1.50 bits per heavy atom. The van der Waals surface area contributed by atoms with E-state index in [1.807, 2.05) is 0 Å². The Bertz CT molecular complexity index is 480. The molecule has 100 valence electrons. The molecule has 1 aliphatic heterocycles. The van der Waals surface area contributed by atoms with Crippen molar-refractivity contribution in [1.82, 2.24) is 9.97 Å². The number of halogens is 1.